The van der Waals surface area contributed by atoms with Crippen LogP contribution in [0.1, 0.15) is 44.1 Å². The van der Waals surface area contributed by atoms with Crippen LogP contribution in [-0.2, 0) is 13.0 Å². The standard InChI is InChI=1S/C17H23N3O/c1-2-14-7-9-15(10-8-14)17-18-16(21-19-17)13-20-11-5-3-4-6-12-20/h7-10H,2-6,11-13H2,1H3. The number of hydrogen-bond donors (Lipinski definition) is 0. The average Bonchev–Trinajstić information content (AvgIpc) is 2.83. The molecular formula is C17H23N3O. The summed E-state index contributed by atoms with van der Waals surface area (Å²) in [5, 5.41) is 4.12. The summed E-state index contributed by atoms with van der Waals surface area (Å²) in [6, 6.07) is 8.39. The number of rotatable bonds is 4. The van der Waals surface area contributed by atoms with Gasteiger partial charge in [-0.15, -0.1) is 0 Å². The van der Waals surface area contributed by atoms with E-state index in [4.69, 9.17) is 4.52 Å². The lowest BCUT2D eigenvalue weighted by Gasteiger charge is -2.16. The molecule has 0 aliphatic carbocycles. The first kappa shape index (κ1) is 14.3. The van der Waals surface area contributed by atoms with Crippen LogP contribution in [0.4, 0.5) is 0 Å². The molecule has 1 fully saturated rings. The van der Waals surface area contributed by atoms with Crippen LogP contribution in [-0.4, -0.2) is 28.1 Å². The summed E-state index contributed by atoms with van der Waals surface area (Å²) in [5.74, 6) is 1.42. The molecule has 0 atom stereocenters. The second kappa shape index (κ2) is 6.85. The molecule has 3 rings (SSSR count). The monoisotopic (exact) mass is 285 g/mol. The fourth-order valence-electron chi connectivity index (χ4n) is 2.81. The van der Waals surface area contributed by atoms with E-state index >= 15 is 0 Å². The molecule has 112 valence electrons. The van der Waals surface area contributed by atoms with Gasteiger partial charge in [0, 0.05) is 5.56 Å². The van der Waals surface area contributed by atoms with Gasteiger partial charge in [-0.05, 0) is 37.9 Å². The molecular weight excluding hydrogens is 262 g/mol. The number of hydrogen-bond acceptors (Lipinski definition) is 4. The van der Waals surface area contributed by atoms with Gasteiger partial charge in [0.05, 0.1) is 6.54 Å². The molecule has 2 aromatic rings. The number of likely N-dealkylation sites (tertiary alicyclic amines) is 1. The maximum Gasteiger partial charge on any atom is 0.241 e. The molecule has 1 saturated heterocycles. The highest BCUT2D eigenvalue weighted by Crippen LogP contribution is 2.18. The molecule has 4 heteroatoms. The first-order valence-electron chi connectivity index (χ1n) is 7.99. The van der Waals surface area contributed by atoms with Crippen molar-refractivity contribution in [2.24, 2.45) is 0 Å². The zero-order valence-electron chi connectivity index (χ0n) is 12.7. The Balaban J connectivity index is 1.67. The van der Waals surface area contributed by atoms with Gasteiger partial charge in [0.2, 0.25) is 11.7 Å². The Morgan fingerprint density at radius 3 is 2.43 bits per heavy atom. The van der Waals surface area contributed by atoms with Gasteiger partial charge >= 0.3 is 0 Å². The lowest BCUT2D eigenvalue weighted by Crippen LogP contribution is -2.24. The SMILES string of the molecule is CCc1ccc(-c2noc(CN3CCCCCC3)n2)cc1. The fourth-order valence-corrected chi connectivity index (χ4v) is 2.81. The number of nitrogens with zero attached hydrogens (tertiary/aromatic N) is 3. The van der Waals surface area contributed by atoms with E-state index in [-0.39, 0.29) is 0 Å². The van der Waals surface area contributed by atoms with Gasteiger partial charge in [-0.25, -0.2) is 0 Å². The van der Waals surface area contributed by atoms with E-state index in [2.05, 4.69) is 46.2 Å². The third-order valence-corrected chi connectivity index (χ3v) is 4.15. The quantitative estimate of drug-likeness (QED) is 0.859. The molecule has 0 spiro atoms. The Morgan fingerprint density at radius 1 is 1.05 bits per heavy atom. The largest absolute Gasteiger partial charge is 0.338 e. The maximum atomic E-state index is 5.42. The highest BCUT2D eigenvalue weighted by Gasteiger charge is 2.14. The van der Waals surface area contributed by atoms with Crippen LogP contribution in [0.15, 0.2) is 28.8 Å². The summed E-state index contributed by atoms with van der Waals surface area (Å²) in [7, 11) is 0. The van der Waals surface area contributed by atoms with E-state index in [0.29, 0.717) is 5.82 Å². The Morgan fingerprint density at radius 2 is 1.76 bits per heavy atom. The maximum absolute atomic E-state index is 5.42. The van der Waals surface area contributed by atoms with Crippen molar-refractivity contribution in [1.29, 1.82) is 0 Å². The van der Waals surface area contributed by atoms with Crippen molar-refractivity contribution < 1.29 is 4.52 Å². The predicted octanol–water partition coefficient (Wildman–Crippen LogP) is 3.68. The lowest BCUT2D eigenvalue weighted by molar-refractivity contribution is 0.234. The highest BCUT2D eigenvalue weighted by atomic mass is 16.5. The van der Waals surface area contributed by atoms with Crippen LogP contribution in [0.5, 0.6) is 0 Å². The van der Waals surface area contributed by atoms with Crippen molar-refractivity contribution in [2.45, 2.75) is 45.6 Å². The molecule has 0 unspecified atom stereocenters. The van der Waals surface area contributed by atoms with Crippen LogP contribution in [0.2, 0.25) is 0 Å². The van der Waals surface area contributed by atoms with Crippen molar-refractivity contribution in [3.8, 4) is 11.4 Å². The Kier molecular flexibility index (Phi) is 4.65. The lowest BCUT2D eigenvalue weighted by atomic mass is 10.1. The number of aryl methyl sites for hydroxylation is 1. The van der Waals surface area contributed by atoms with E-state index in [1.54, 1.807) is 0 Å². The van der Waals surface area contributed by atoms with Crippen LogP contribution in [0.3, 0.4) is 0 Å². The molecule has 1 aromatic heterocycles. The molecule has 0 bridgehead atoms. The van der Waals surface area contributed by atoms with E-state index in [1.807, 2.05) is 0 Å². The van der Waals surface area contributed by atoms with Crippen molar-refractivity contribution in [3.05, 3.63) is 35.7 Å². The molecule has 0 radical (unpaired) electrons. The van der Waals surface area contributed by atoms with E-state index < -0.39 is 0 Å². The van der Waals surface area contributed by atoms with E-state index in [1.165, 1.54) is 31.2 Å². The summed E-state index contributed by atoms with van der Waals surface area (Å²) in [5.41, 5.74) is 2.35. The van der Waals surface area contributed by atoms with Crippen molar-refractivity contribution in [3.63, 3.8) is 0 Å². The fraction of sp³-hybridized carbons (Fsp3) is 0.529. The topological polar surface area (TPSA) is 42.2 Å². The second-order valence-electron chi connectivity index (χ2n) is 5.75. The Labute approximate surface area is 126 Å². The van der Waals surface area contributed by atoms with E-state index in [9.17, 15) is 0 Å². The molecule has 1 aromatic carbocycles. The number of benzene rings is 1. The van der Waals surface area contributed by atoms with Crippen molar-refractivity contribution >= 4 is 0 Å². The van der Waals surface area contributed by atoms with Gasteiger partial charge in [-0.1, -0.05) is 49.2 Å². The summed E-state index contributed by atoms with van der Waals surface area (Å²) < 4.78 is 5.42. The predicted molar refractivity (Wildman–Crippen MR) is 82.9 cm³/mol. The highest BCUT2D eigenvalue weighted by molar-refractivity contribution is 5.54. The molecule has 0 saturated carbocycles. The van der Waals surface area contributed by atoms with Crippen molar-refractivity contribution in [2.75, 3.05) is 13.1 Å². The first-order chi connectivity index (χ1) is 10.3. The minimum atomic E-state index is 0.697. The molecule has 21 heavy (non-hydrogen) atoms. The zero-order chi connectivity index (χ0) is 14.5. The second-order valence-corrected chi connectivity index (χ2v) is 5.75. The van der Waals surface area contributed by atoms with Crippen LogP contribution >= 0.6 is 0 Å². The smallest absolute Gasteiger partial charge is 0.241 e. The average molecular weight is 285 g/mol. The summed E-state index contributed by atoms with van der Waals surface area (Å²) in [6.45, 7) is 5.22. The van der Waals surface area contributed by atoms with E-state index in [0.717, 1.165) is 37.5 Å². The Hall–Kier alpha value is -1.68. The third-order valence-electron chi connectivity index (χ3n) is 4.15. The normalized spacial score (nSPS) is 16.8. The molecule has 1 aliphatic heterocycles. The Bertz CT molecular complexity index is 554. The van der Waals surface area contributed by atoms with Gasteiger partial charge < -0.3 is 4.52 Å². The third kappa shape index (κ3) is 3.70. The molecule has 2 heterocycles. The molecule has 0 amide bonds. The van der Waals surface area contributed by atoms with Crippen LogP contribution in [0, 0.1) is 0 Å². The van der Waals surface area contributed by atoms with Gasteiger partial charge in [-0.2, -0.15) is 4.98 Å². The first-order valence-corrected chi connectivity index (χ1v) is 7.99. The molecule has 0 N–H and O–H groups in total. The van der Waals surface area contributed by atoms with Gasteiger partial charge in [0.25, 0.3) is 0 Å². The van der Waals surface area contributed by atoms with Gasteiger partial charge in [-0.3, -0.25) is 4.90 Å². The molecule has 1 aliphatic rings. The minimum absolute atomic E-state index is 0.697. The van der Waals surface area contributed by atoms with Crippen LogP contribution < -0.4 is 0 Å². The van der Waals surface area contributed by atoms with Crippen molar-refractivity contribution in [1.82, 2.24) is 15.0 Å². The summed E-state index contributed by atoms with van der Waals surface area (Å²) in [4.78, 5) is 6.96. The number of aromatic nitrogens is 2. The minimum Gasteiger partial charge on any atom is -0.338 e. The van der Waals surface area contributed by atoms with Gasteiger partial charge in [0.15, 0.2) is 0 Å². The van der Waals surface area contributed by atoms with Gasteiger partial charge in [0.1, 0.15) is 0 Å². The summed E-state index contributed by atoms with van der Waals surface area (Å²) >= 11 is 0. The molecule has 4 nitrogen and oxygen atoms in total. The zero-order valence-corrected chi connectivity index (χ0v) is 12.7. The summed E-state index contributed by atoms with van der Waals surface area (Å²) in [6.07, 6.45) is 6.29. The van der Waals surface area contributed by atoms with Crippen LogP contribution in [0.25, 0.3) is 11.4 Å².